The van der Waals surface area contributed by atoms with Crippen molar-refractivity contribution in [3.63, 3.8) is 0 Å². The lowest BCUT2D eigenvalue weighted by molar-refractivity contribution is -0.147. The largest absolute Gasteiger partial charge is 0.477 e. The summed E-state index contributed by atoms with van der Waals surface area (Å²) in [4.78, 5) is 26.3. The highest BCUT2D eigenvalue weighted by atomic mass is 19.3. The van der Waals surface area contributed by atoms with Gasteiger partial charge in [0.15, 0.2) is 0 Å². The molecule has 10 heavy (non-hydrogen) atoms. The Hall–Kier alpha value is -1.59. The highest BCUT2D eigenvalue weighted by Crippen LogP contribution is 1.78. The normalized spacial score (nSPS) is 7.70. The van der Waals surface area contributed by atoms with E-state index in [2.05, 4.69) is 16.4 Å². The molecule has 0 saturated carbocycles. The maximum absolute atomic E-state index is 10.8. The van der Waals surface area contributed by atoms with E-state index in [0.717, 1.165) is 6.08 Å². The Morgan fingerprint density at radius 2 is 2.20 bits per heavy atom. The van der Waals surface area contributed by atoms with E-state index in [-0.39, 0.29) is 0 Å². The molecule has 0 atom stereocenters. The molecular weight excluding hydrogens is 145 g/mol. The summed E-state index contributed by atoms with van der Waals surface area (Å²) >= 11 is 0. The second-order valence-corrected chi connectivity index (χ2v) is 1.09. The first-order valence-electron chi connectivity index (χ1n) is 2.12. The van der Waals surface area contributed by atoms with Gasteiger partial charge in [-0.15, -0.1) is 5.48 Å². The number of halogens is 1. The molecule has 0 fully saturated rings. The molecule has 6 heteroatoms. The van der Waals surface area contributed by atoms with Gasteiger partial charge in [0.05, 0.1) is 0 Å². The van der Waals surface area contributed by atoms with Crippen LogP contribution in [-0.2, 0) is 14.6 Å². The van der Waals surface area contributed by atoms with E-state index in [1.165, 1.54) is 5.48 Å². The summed E-state index contributed by atoms with van der Waals surface area (Å²) in [5, 5.41) is 0. The summed E-state index contributed by atoms with van der Waals surface area (Å²) in [6.07, 6.45) is -0.714. The zero-order chi connectivity index (χ0) is 7.98. The van der Waals surface area contributed by atoms with Crippen LogP contribution in [0.5, 0.6) is 0 Å². The molecule has 0 aromatic heterocycles. The van der Waals surface area contributed by atoms with Gasteiger partial charge in [0, 0.05) is 10.6 Å². The molecule has 5 nitrogen and oxygen atoms in total. The molecule has 0 heterocycles. The quantitative estimate of drug-likeness (QED) is 0.428. The number of carbonyl (C=O) groups is 2. The Bertz CT molecular complexity index is 157. The van der Waals surface area contributed by atoms with E-state index in [4.69, 9.17) is 0 Å². The topological polar surface area (TPSA) is 64.6 Å². The maximum Gasteiger partial charge on any atom is 0.477 e. The van der Waals surface area contributed by atoms with Gasteiger partial charge < -0.3 is 4.84 Å². The van der Waals surface area contributed by atoms with Crippen molar-refractivity contribution in [3.05, 3.63) is 12.7 Å². The summed E-state index contributed by atoms with van der Waals surface area (Å²) < 4.78 is 10.8. The Balaban J connectivity index is 3.44. The van der Waals surface area contributed by atoms with Gasteiger partial charge in [-0.2, -0.15) is 0 Å². The molecule has 0 aliphatic rings. The Labute approximate surface area is 55.3 Å². The number of carbonyl (C=O) groups excluding carboxylic acids is 2. The zero-order valence-electron chi connectivity index (χ0n) is 4.80. The smallest absolute Gasteiger partial charge is 0.333 e. The summed E-state index contributed by atoms with van der Waals surface area (Å²) in [6.45, 7) is 3.00. The van der Waals surface area contributed by atoms with Gasteiger partial charge in [-0.25, -0.2) is 14.5 Å². The van der Waals surface area contributed by atoms with Crippen molar-refractivity contribution < 1.29 is 23.9 Å². The first-order chi connectivity index (χ1) is 4.70. The van der Waals surface area contributed by atoms with Gasteiger partial charge in [-0.1, -0.05) is 6.58 Å². The summed E-state index contributed by atoms with van der Waals surface area (Å²) in [7, 11) is 0. The lowest BCUT2D eigenvalue weighted by atomic mass is 10.7. The van der Waals surface area contributed by atoms with Crippen LogP contribution in [0.25, 0.3) is 0 Å². The second kappa shape index (κ2) is 4.30. The van der Waals surface area contributed by atoms with Crippen molar-refractivity contribution >= 4 is 12.1 Å². The molecule has 0 rings (SSSR count). The van der Waals surface area contributed by atoms with Crippen LogP contribution < -0.4 is 5.48 Å². The molecule has 0 unspecified atom stereocenters. The van der Waals surface area contributed by atoms with Crippen molar-refractivity contribution in [2.45, 2.75) is 0 Å². The highest BCUT2D eigenvalue weighted by Gasteiger charge is 2.02. The highest BCUT2D eigenvalue weighted by molar-refractivity contribution is 5.82. The molecule has 0 aliphatic heterocycles. The van der Waals surface area contributed by atoms with Gasteiger partial charge in [0.1, 0.15) is 0 Å². The summed E-state index contributed by atoms with van der Waals surface area (Å²) in [6, 6.07) is 0. The van der Waals surface area contributed by atoms with E-state index in [1.807, 2.05) is 0 Å². The molecule has 1 N–H and O–H groups in total. The predicted molar refractivity (Wildman–Crippen MR) is 27.0 cm³/mol. The number of amides is 1. The average Bonchev–Trinajstić information content (AvgIpc) is 1.99. The lowest BCUT2D eigenvalue weighted by Crippen LogP contribution is -2.24. The maximum atomic E-state index is 10.8. The molecule has 0 bridgehead atoms. The van der Waals surface area contributed by atoms with Crippen molar-refractivity contribution in [1.29, 1.82) is 0 Å². The van der Waals surface area contributed by atoms with Crippen LogP contribution in [0.15, 0.2) is 12.7 Å². The first-order valence-corrected chi connectivity index (χ1v) is 2.12. The van der Waals surface area contributed by atoms with Gasteiger partial charge in [-0.05, 0) is 0 Å². The van der Waals surface area contributed by atoms with E-state index in [9.17, 15) is 14.1 Å². The van der Waals surface area contributed by atoms with Crippen LogP contribution in [0.1, 0.15) is 0 Å². The molecular formula is C4H4FNO4. The van der Waals surface area contributed by atoms with Crippen LogP contribution in [-0.4, -0.2) is 12.1 Å². The Kier molecular flexibility index (Phi) is 3.62. The molecule has 0 aromatic carbocycles. The lowest BCUT2D eigenvalue weighted by Gasteiger charge is -1.96. The number of rotatable bonds is 1. The van der Waals surface area contributed by atoms with Crippen LogP contribution in [0.2, 0.25) is 0 Å². The predicted octanol–water partition coefficient (Wildman–Crippen LogP) is 0.241. The van der Waals surface area contributed by atoms with E-state index in [0.29, 0.717) is 0 Å². The fourth-order valence-electron chi connectivity index (χ4n) is 0.149. The number of hydrogen-bond donors (Lipinski definition) is 1. The number of hydroxylamine groups is 1. The third-order valence-corrected chi connectivity index (χ3v) is 0.472. The fraction of sp³-hybridized carbons (Fsp3) is 0. The molecule has 1 amide bonds. The third-order valence-electron chi connectivity index (χ3n) is 0.472. The molecule has 0 spiro atoms. The van der Waals surface area contributed by atoms with Gasteiger partial charge in [0.2, 0.25) is 0 Å². The SMILES string of the molecule is C=CC(=O)ONC(=O)OF. The molecule has 0 radical (unpaired) electrons. The van der Waals surface area contributed by atoms with Gasteiger partial charge in [-0.3, -0.25) is 0 Å². The monoisotopic (exact) mass is 149 g/mol. The van der Waals surface area contributed by atoms with Crippen molar-refractivity contribution in [2.75, 3.05) is 0 Å². The Morgan fingerprint density at radius 3 is 2.60 bits per heavy atom. The minimum Gasteiger partial charge on any atom is -0.333 e. The van der Waals surface area contributed by atoms with Gasteiger partial charge in [0.25, 0.3) is 0 Å². The standard InChI is InChI=1S/C4H4FNO4/c1-2-3(7)10-6-4(8)9-5/h2H,1H2,(H,6,8). The van der Waals surface area contributed by atoms with Crippen molar-refractivity contribution in [2.24, 2.45) is 0 Å². The van der Waals surface area contributed by atoms with E-state index >= 15 is 0 Å². The number of hydrogen-bond acceptors (Lipinski definition) is 4. The fourth-order valence-corrected chi connectivity index (χ4v) is 0.149. The van der Waals surface area contributed by atoms with Crippen molar-refractivity contribution in [3.8, 4) is 0 Å². The average molecular weight is 149 g/mol. The van der Waals surface area contributed by atoms with Crippen molar-refractivity contribution in [1.82, 2.24) is 5.48 Å². The molecule has 56 valence electrons. The number of nitrogens with one attached hydrogen (secondary N) is 1. The van der Waals surface area contributed by atoms with Gasteiger partial charge >= 0.3 is 12.1 Å². The van der Waals surface area contributed by atoms with Crippen LogP contribution >= 0.6 is 0 Å². The van der Waals surface area contributed by atoms with Crippen LogP contribution in [0.4, 0.5) is 9.32 Å². The van der Waals surface area contributed by atoms with E-state index in [1.54, 1.807) is 0 Å². The van der Waals surface area contributed by atoms with Crippen LogP contribution in [0, 0.1) is 0 Å². The second-order valence-electron chi connectivity index (χ2n) is 1.09. The third kappa shape index (κ3) is 3.42. The van der Waals surface area contributed by atoms with Crippen LogP contribution in [0.3, 0.4) is 0 Å². The summed E-state index contributed by atoms with van der Waals surface area (Å²) in [5.74, 6) is -0.912. The first kappa shape index (κ1) is 8.41. The minimum atomic E-state index is -1.50. The summed E-state index contributed by atoms with van der Waals surface area (Å²) in [5.41, 5.74) is 1.33. The van der Waals surface area contributed by atoms with E-state index < -0.39 is 12.1 Å². The molecule has 0 aliphatic carbocycles. The molecule has 0 saturated heterocycles. The zero-order valence-corrected chi connectivity index (χ0v) is 4.80. The molecule has 0 aromatic rings. The Morgan fingerprint density at radius 1 is 1.60 bits per heavy atom. The minimum absolute atomic E-state index is 0.790.